The van der Waals surface area contributed by atoms with E-state index in [0.29, 0.717) is 25.3 Å². The first kappa shape index (κ1) is 19.6. The van der Waals surface area contributed by atoms with Crippen LogP contribution in [0, 0.1) is 6.92 Å². The van der Waals surface area contributed by atoms with E-state index < -0.39 is 5.91 Å². The lowest BCUT2D eigenvalue weighted by atomic mass is 10.1. The van der Waals surface area contributed by atoms with Crippen LogP contribution in [0.4, 0.5) is 0 Å². The van der Waals surface area contributed by atoms with Gasteiger partial charge in [0.1, 0.15) is 0 Å². The second kappa shape index (κ2) is 9.70. The Bertz CT molecular complexity index is 761. The van der Waals surface area contributed by atoms with Crippen molar-refractivity contribution in [2.45, 2.75) is 26.9 Å². The summed E-state index contributed by atoms with van der Waals surface area (Å²) in [5, 5.41) is 8.85. The van der Waals surface area contributed by atoms with Crippen LogP contribution < -0.4 is 5.48 Å². The predicted octanol–water partition coefficient (Wildman–Crippen LogP) is 2.68. The Morgan fingerprint density at radius 1 is 1.08 bits per heavy atom. The van der Waals surface area contributed by atoms with Gasteiger partial charge in [0, 0.05) is 13.1 Å². The number of rotatable bonds is 8. The first-order chi connectivity index (χ1) is 12.5. The molecule has 0 bridgehead atoms. The fraction of sp³-hybridized carbons (Fsp3) is 0.300. The van der Waals surface area contributed by atoms with Gasteiger partial charge >= 0.3 is 5.97 Å². The molecule has 0 saturated carbocycles. The van der Waals surface area contributed by atoms with Gasteiger partial charge in [-0.3, -0.25) is 14.9 Å². The molecule has 0 atom stereocenters. The van der Waals surface area contributed by atoms with Crippen molar-refractivity contribution in [3.63, 3.8) is 0 Å². The number of hydroxylamine groups is 1. The second-order valence-electron chi connectivity index (χ2n) is 6.09. The summed E-state index contributed by atoms with van der Waals surface area (Å²) >= 11 is 0. The number of nitrogens with one attached hydrogen (secondary N) is 1. The Kier molecular flexibility index (Phi) is 7.32. The molecule has 0 aliphatic heterocycles. The van der Waals surface area contributed by atoms with Crippen molar-refractivity contribution in [3.05, 3.63) is 70.8 Å². The molecule has 2 rings (SSSR count). The van der Waals surface area contributed by atoms with E-state index in [9.17, 15) is 9.59 Å². The smallest absolute Gasteiger partial charge is 0.338 e. The zero-order valence-corrected chi connectivity index (χ0v) is 15.1. The van der Waals surface area contributed by atoms with Gasteiger partial charge in [0.05, 0.1) is 18.7 Å². The maximum atomic E-state index is 11.9. The first-order valence-corrected chi connectivity index (χ1v) is 8.48. The minimum Gasteiger partial charge on any atom is -0.462 e. The molecule has 26 heavy (non-hydrogen) atoms. The minimum atomic E-state index is -0.487. The number of ether oxygens (including phenoxy) is 1. The van der Waals surface area contributed by atoms with Crippen molar-refractivity contribution in [1.82, 2.24) is 10.4 Å². The summed E-state index contributed by atoms with van der Waals surface area (Å²) in [6.07, 6.45) is 0. The highest BCUT2D eigenvalue weighted by molar-refractivity contribution is 5.89. The molecule has 2 N–H and O–H groups in total. The highest BCUT2D eigenvalue weighted by atomic mass is 16.5. The number of nitrogens with zero attached hydrogens (tertiary/aromatic N) is 1. The SMILES string of the molecule is CCOC(=O)c1cccc(CN(CC(=O)NO)Cc2cccc(C)c2)c1. The lowest BCUT2D eigenvalue weighted by Crippen LogP contribution is -2.35. The van der Waals surface area contributed by atoms with E-state index in [4.69, 9.17) is 9.94 Å². The molecule has 0 saturated heterocycles. The summed E-state index contributed by atoms with van der Waals surface area (Å²) in [6, 6.07) is 15.2. The van der Waals surface area contributed by atoms with Gasteiger partial charge in [-0.2, -0.15) is 0 Å². The van der Waals surface area contributed by atoms with E-state index >= 15 is 0 Å². The summed E-state index contributed by atoms with van der Waals surface area (Å²) < 4.78 is 5.03. The van der Waals surface area contributed by atoms with E-state index in [1.165, 1.54) is 0 Å². The molecule has 2 aromatic carbocycles. The fourth-order valence-electron chi connectivity index (χ4n) is 2.74. The predicted molar refractivity (Wildman–Crippen MR) is 97.6 cm³/mol. The van der Waals surface area contributed by atoms with Crippen LogP contribution in [-0.2, 0) is 22.6 Å². The fourth-order valence-corrected chi connectivity index (χ4v) is 2.74. The van der Waals surface area contributed by atoms with E-state index in [2.05, 4.69) is 6.07 Å². The number of amides is 1. The van der Waals surface area contributed by atoms with E-state index in [-0.39, 0.29) is 12.5 Å². The van der Waals surface area contributed by atoms with Gasteiger partial charge in [-0.1, -0.05) is 42.0 Å². The third-order valence-electron chi connectivity index (χ3n) is 3.82. The van der Waals surface area contributed by atoms with Crippen molar-refractivity contribution in [2.75, 3.05) is 13.2 Å². The van der Waals surface area contributed by atoms with Gasteiger partial charge in [0.15, 0.2) is 0 Å². The molecule has 0 spiro atoms. The topological polar surface area (TPSA) is 78.9 Å². The summed E-state index contributed by atoms with van der Waals surface area (Å²) in [6.45, 7) is 5.12. The lowest BCUT2D eigenvalue weighted by molar-refractivity contribution is -0.130. The Hall–Kier alpha value is -2.70. The Morgan fingerprint density at radius 2 is 1.73 bits per heavy atom. The van der Waals surface area contributed by atoms with Crippen LogP contribution in [0.25, 0.3) is 0 Å². The molecule has 0 fully saturated rings. The average Bonchev–Trinajstić information content (AvgIpc) is 2.62. The van der Waals surface area contributed by atoms with Gasteiger partial charge in [0.25, 0.3) is 5.91 Å². The Labute approximate surface area is 153 Å². The molecule has 0 heterocycles. The van der Waals surface area contributed by atoms with Crippen LogP contribution in [0.15, 0.2) is 48.5 Å². The molecular formula is C20H24N2O4. The summed E-state index contributed by atoms with van der Waals surface area (Å²) in [7, 11) is 0. The largest absolute Gasteiger partial charge is 0.462 e. The number of hydrogen-bond donors (Lipinski definition) is 2. The second-order valence-corrected chi connectivity index (χ2v) is 6.09. The van der Waals surface area contributed by atoms with E-state index in [1.54, 1.807) is 30.6 Å². The number of benzene rings is 2. The quantitative estimate of drug-likeness (QED) is 0.432. The Balaban J connectivity index is 2.16. The van der Waals surface area contributed by atoms with Gasteiger partial charge in [0.2, 0.25) is 0 Å². The third kappa shape index (κ3) is 5.98. The van der Waals surface area contributed by atoms with Gasteiger partial charge < -0.3 is 4.74 Å². The first-order valence-electron chi connectivity index (χ1n) is 8.48. The average molecular weight is 356 g/mol. The molecule has 0 aromatic heterocycles. The van der Waals surface area contributed by atoms with Crippen LogP contribution >= 0.6 is 0 Å². The number of hydrogen-bond acceptors (Lipinski definition) is 5. The molecular weight excluding hydrogens is 332 g/mol. The molecule has 2 aromatic rings. The molecule has 6 nitrogen and oxygen atoms in total. The summed E-state index contributed by atoms with van der Waals surface area (Å²) in [5.74, 6) is -0.855. The minimum absolute atomic E-state index is 0.0358. The van der Waals surface area contributed by atoms with Crippen molar-refractivity contribution in [1.29, 1.82) is 0 Å². The molecule has 0 aliphatic rings. The molecule has 1 amide bonds. The zero-order chi connectivity index (χ0) is 18.9. The van der Waals surface area contributed by atoms with Crippen LogP contribution in [0.2, 0.25) is 0 Å². The van der Waals surface area contributed by atoms with Crippen LogP contribution in [0.3, 0.4) is 0 Å². The Morgan fingerprint density at radius 3 is 2.35 bits per heavy atom. The molecule has 0 unspecified atom stereocenters. The van der Waals surface area contributed by atoms with Crippen molar-refractivity contribution in [2.24, 2.45) is 0 Å². The molecule has 0 aliphatic carbocycles. The molecule has 138 valence electrons. The maximum Gasteiger partial charge on any atom is 0.338 e. The summed E-state index contributed by atoms with van der Waals surface area (Å²) in [5.41, 5.74) is 5.24. The van der Waals surface area contributed by atoms with Crippen LogP contribution in [-0.4, -0.2) is 35.1 Å². The summed E-state index contributed by atoms with van der Waals surface area (Å²) in [4.78, 5) is 25.4. The maximum absolute atomic E-state index is 11.9. The van der Waals surface area contributed by atoms with E-state index in [1.807, 2.05) is 36.1 Å². The van der Waals surface area contributed by atoms with Crippen LogP contribution in [0.5, 0.6) is 0 Å². The van der Waals surface area contributed by atoms with E-state index in [0.717, 1.165) is 16.7 Å². The van der Waals surface area contributed by atoms with Crippen molar-refractivity contribution < 1.29 is 19.5 Å². The number of carbonyl (C=O) groups excluding carboxylic acids is 2. The molecule has 0 radical (unpaired) electrons. The van der Waals surface area contributed by atoms with Crippen molar-refractivity contribution >= 4 is 11.9 Å². The zero-order valence-electron chi connectivity index (χ0n) is 15.1. The highest BCUT2D eigenvalue weighted by Gasteiger charge is 2.14. The number of carbonyl (C=O) groups is 2. The number of aryl methyl sites for hydroxylation is 1. The third-order valence-corrected chi connectivity index (χ3v) is 3.82. The monoisotopic (exact) mass is 356 g/mol. The highest BCUT2D eigenvalue weighted by Crippen LogP contribution is 2.13. The number of esters is 1. The van der Waals surface area contributed by atoms with Crippen LogP contribution in [0.1, 0.15) is 34.0 Å². The normalized spacial score (nSPS) is 10.6. The van der Waals surface area contributed by atoms with Gasteiger partial charge in [-0.15, -0.1) is 0 Å². The van der Waals surface area contributed by atoms with Crippen molar-refractivity contribution in [3.8, 4) is 0 Å². The lowest BCUT2D eigenvalue weighted by Gasteiger charge is -2.22. The van der Waals surface area contributed by atoms with Gasteiger partial charge in [-0.25, -0.2) is 10.3 Å². The van der Waals surface area contributed by atoms with Gasteiger partial charge in [-0.05, 0) is 37.1 Å². The standard InChI is InChI=1S/C20H24N2O4/c1-3-26-20(24)18-9-5-8-17(11-18)13-22(14-19(23)21-25)12-16-7-4-6-15(2)10-16/h4-11,25H,3,12-14H2,1-2H3,(H,21,23). The molecule has 6 heteroatoms.